The van der Waals surface area contributed by atoms with E-state index >= 15 is 0 Å². The number of aryl methyl sites for hydroxylation is 1. The third-order valence-corrected chi connectivity index (χ3v) is 3.06. The lowest BCUT2D eigenvalue weighted by Crippen LogP contribution is -2.03. The molecule has 0 aliphatic carbocycles. The van der Waals surface area contributed by atoms with Crippen molar-refractivity contribution >= 4 is 27.6 Å². The van der Waals surface area contributed by atoms with Crippen LogP contribution in [0, 0.1) is 17.0 Å². The average Bonchev–Trinajstić information content (AvgIpc) is 2.40. The maximum atomic E-state index is 12.3. The molecule has 0 unspecified atom stereocenters. The van der Waals surface area contributed by atoms with Gasteiger partial charge in [0.1, 0.15) is 11.2 Å². The number of fused-ring (bicyclic) bond motifs is 2. The molecule has 0 atom stereocenters. The fourth-order valence-corrected chi connectivity index (χ4v) is 2.16. The lowest BCUT2D eigenvalue weighted by Gasteiger charge is -2.03. The minimum absolute atomic E-state index is 0.104. The summed E-state index contributed by atoms with van der Waals surface area (Å²) in [7, 11) is 0. The van der Waals surface area contributed by atoms with E-state index in [4.69, 9.17) is 4.42 Å². The Morgan fingerprint density at radius 3 is 2.63 bits per heavy atom. The van der Waals surface area contributed by atoms with Crippen molar-refractivity contribution < 1.29 is 9.34 Å². The number of para-hydroxylation sites is 1. The van der Waals surface area contributed by atoms with E-state index in [0.717, 1.165) is 0 Å². The highest BCUT2D eigenvalue weighted by Crippen LogP contribution is 2.25. The number of nitrogens with zero attached hydrogens (tertiary/aromatic N) is 1. The van der Waals surface area contributed by atoms with Crippen molar-refractivity contribution in [3.63, 3.8) is 0 Å². The van der Waals surface area contributed by atoms with Gasteiger partial charge in [-0.25, -0.2) is 0 Å². The van der Waals surface area contributed by atoms with Crippen molar-refractivity contribution in [2.24, 2.45) is 0 Å². The zero-order valence-electron chi connectivity index (χ0n) is 10.0. The van der Waals surface area contributed by atoms with Gasteiger partial charge in [0.2, 0.25) is 5.43 Å². The predicted octanol–water partition coefficient (Wildman–Crippen LogP) is 3.16. The highest BCUT2D eigenvalue weighted by Gasteiger charge is 2.15. The number of rotatable bonds is 1. The second-order valence-corrected chi connectivity index (χ2v) is 4.32. The van der Waals surface area contributed by atoms with Gasteiger partial charge in [0.25, 0.3) is 5.69 Å². The van der Waals surface area contributed by atoms with Gasteiger partial charge in [-0.05, 0) is 24.6 Å². The SMILES string of the molecule is Cc1cc([N+](=O)[O-])cc2c(=O)c3ccccc3oc12. The molecule has 3 aromatic rings. The maximum absolute atomic E-state index is 12.3. The van der Waals surface area contributed by atoms with Crippen LogP contribution in [-0.2, 0) is 0 Å². The van der Waals surface area contributed by atoms with Crippen LogP contribution in [0.3, 0.4) is 0 Å². The Kier molecular flexibility index (Phi) is 2.35. The fraction of sp³-hybridized carbons (Fsp3) is 0.0714. The van der Waals surface area contributed by atoms with E-state index < -0.39 is 4.92 Å². The van der Waals surface area contributed by atoms with E-state index in [9.17, 15) is 14.9 Å². The predicted molar refractivity (Wildman–Crippen MR) is 71.4 cm³/mol. The smallest absolute Gasteiger partial charge is 0.270 e. The maximum Gasteiger partial charge on any atom is 0.270 e. The monoisotopic (exact) mass is 255 g/mol. The summed E-state index contributed by atoms with van der Waals surface area (Å²) in [4.78, 5) is 22.7. The van der Waals surface area contributed by atoms with Crippen LogP contribution >= 0.6 is 0 Å². The van der Waals surface area contributed by atoms with Crippen LogP contribution < -0.4 is 5.43 Å². The molecular formula is C14H9NO4. The lowest BCUT2D eigenvalue weighted by molar-refractivity contribution is -0.384. The molecule has 5 nitrogen and oxygen atoms in total. The molecule has 0 N–H and O–H groups in total. The van der Waals surface area contributed by atoms with E-state index in [2.05, 4.69) is 0 Å². The highest BCUT2D eigenvalue weighted by atomic mass is 16.6. The first-order valence-corrected chi connectivity index (χ1v) is 5.68. The summed E-state index contributed by atoms with van der Waals surface area (Å²) in [6.45, 7) is 1.69. The Bertz CT molecular complexity index is 880. The van der Waals surface area contributed by atoms with Crippen LogP contribution in [0.1, 0.15) is 5.56 Å². The van der Waals surface area contributed by atoms with Crippen molar-refractivity contribution in [3.05, 3.63) is 62.3 Å². The van der Waals surface area contributed by atoms with Crippen molar-refractivity contribution in [3.8, 4) is 0 Å². The molecule has 0 saturated heterocycles. The highest BCUT2D eigenvalue weighted by molar-refractivity contribution is 5.92. The standard InChI is InChI=1S/C14H9NO4/c1-8-6-9(15(17)18)7-11-13(16)10-4-2-3-5-12(10)19-14(8)11/h2-7H,1H3. The summed E-state index contributed by atoms with van der Waals surface area (Å²) in [6, 6.07) is 9.53. The first kappa shape index (κ1) is 11.4. The molecule has 3 rings (SSSR count). The molecule has 1 aromatic heterocycles. The topological polar surface area (TPSA) is 73.3 Å². The number of nitro groups is 1. The van der Waals surface area contributed by atoms with Crippen LogP contribution in [0.25, 0.3) is 21.9 Å². The minimum atomic E-state index is -0.513. The Balaban J connectivity index is 2.55. The van der Waals surface area contributed by atoms with Crippen molar-refractivity contribution in [2.45, 2.75) is 6.92 Å². The minimum Gasteiger partial charge on any atom is -0.456 e. The first-order chi connectivity index (χ1) is 9.08. The summed E-state index contributed by atoms with van der Waals surface area (Å²) in [5, 5.41) is 11.5. The second-order valence-electron chi connectivity index (χ2n) is 4.32. The molecule has 2 aromatic carbocycles. The Hall–Kier alpha value is -2.69. The molecule has 0 fully saturated rings. The summed E-state index contributed by atoms with van der Waals surface area (Å²) in [6.07, 6.45) is 0. The molecule has 5 heteroatoms. The molecule has 0 spiro atoms. The number of benzene rings is 2. The second kappa shape index (κ2) is 3.91. The van der Waals surface area contributed by atoms with Gasteiger partial charge in [0.15, 0.2) is 0 Å². The van der Waals surface area contributed by atoms with Crippen LogP contribution in [0.15, 0.2) is 45.6 Å². The quantitative estimate of drug-likeness (QED) is 0.380. The number of nitro benzene ring substituents is 1. The van der Waals surface area contributed by atoms with Crippen molar-refractivity contribution in [1.82, 2.24) is 0 Å². The largest absolute Gasteiger partial charge is 0.456 e. The summed E-state index contributed by atoms with van der Waals surface area (Å²) in [5.41, 5.74) is 1.11. The molecule has 1 heterocycles. The zero-order chi connectivity index (χ0) is 13.6. The third-order valence-electron chi connectivity index (χ3n) is 3.06. The first-order valence-electron chi connectivity index (χ1n) is 5.68. The van der Waals surface area contributed by atoms with Crippen LogP contribution in [0.2, 0.25) is 0 Å². The molecule has 94 valence electrons. The van der Waals surface area contributed by atoms with Gasteiger partial charge in [0.05, 0.1) is 15.7 Å². The van der Waals surface area contributed by atoms with Gasteiger partial charge >= 0.3 is 0 Å². The van der Waals surface area contributed by atoms with E-state index in [1.165, 1.54) is 12.1 Å². The van der Waals surface area contributed by atoms with Gasteiger partial charge in [-0.1, -0.05) is 12.1 Å². The Morgan fingerprint density at radius 1 is 1.16 bits per heavy atom. The number of hydrogen-bond acceptors (Lipinski definition) is 4. The molecule has 0 saturated carbocycles. The lowest BCUT2D eigenvalue weighted by atomic mass is 10.1. The summed E-state index contributed by atoms with van der Waals surface area (Å²) in [5.74, 6) is 0. The van der Waals surface area contributed by atoms with Crippen LogP contribution in [0.4, 0.5) is 5.69 Å². The molecule has 0 bridgehead atoms. The van der Waals surface area contributed by atoms with E-state index in [1.54, 1.807) is 31.2 Å². The van der Waals surface area contributed by atoms with Crippen molar-refractivity contribution in [1.29, 1.82) is 0 Å². The molecule has 0 radical (unpaired) electrons. The molecule has 0 aliphatic heterocycles. The average molecular weight is 255 g/mol. The zero-order valence-corrected chi connectivity index (χ0v) is 10.0. The molecule has 19 heavy (non-hydrogen) atoms. The van der Waals surface area contributed by atoms with E-state index in [0.29, 0.717) is 22.1 Å². The molecular weight excluding hydrogens is 246 g/mol. The summed E-state index contributed by atoms with van der Waals surface area (Å²) >= 11 is 0. The fourth-order valence-electron chi connectivity index (χ4n) is 2.16. The van der Waals surface area contributed by atoms with Gasteiger partial charge in [-0.3, -0.25) is 14.9 Å². The number of hydrogen-bond donors (Lipinski definition) is 0. The van der Waals surface area contributed by atoms with Gasteiger partial charge in [0, 0.05) is 12.1 Å². The normalized spacial score (nSPS) is 11.0. The molecule has 0 amide bonds. The Labute approximate surface area is 107 Å². The third kappa shape index (κ3) is 1.67. The van der Waals surface area contributed by atoms with Crippen LogP contribution in [0.5, 0.6) is 0 Å². The molecule has 0 aliphatic rings. The van der Waals surface area contributed by atoms with E-state index in [-0.39, 0.29) is 16.5 Å². The Morgan fingerprint density at radius 2 is 1.89 bits per heavy atom. The van der Waals surface area contributed by atoms with E-state index in [1.807, 2.05) is 0 Å². The van der Waals surface area contributed by atoms with Gasteiger partial charge in [-0.15, -0.1) is 0 Å². The number of non-ortho nitro benzene ring substituents is 1. The van der Waals surface area contributed by atoms with Gasteiger partial charge < -0.3 is 4.42 Å². The van der Waals surface area contributed by atoms with Crippen LogP contribution in [-0.4, -0.2) is 4.92 Å². The summed E-state index contributed by atoms with van der Waals surface area (Å²) < 4.78 is 5.67. The van der Waals surface area contributed by atoms with Gasteiger partial charge in [-0.2, -0.15) is 0 Å². The van der Waals surface area contributed by atoms with Crippen molar-refractivity contribution in [2.75, 3.05) is 0 Å².